The first-order valence-electron chi connectivity index (χ1n) is 19.0. The number of aliphatic imine (C=N–C) groups is 1. The molecule has 0 amide bonds. The fourth-order valence-electron chi connectivity index (χ4n) is 8.99. The van der Waals surface area contributed by atoms with Gasteiger partial charge in [0.25, 0.3) is 0 Å². The molecule has 55 heavy (non-hydrogen) atoms. The van der Waals surface area contributed by atoms with Gasteiger partial charge in [-0.25, -0.2) is 0 Å². The van der Waals surface area contributed by atoms with Crippen molar-refractivity contribution in [3.8, 4) is 11.1 Å². The van der Waals surface area contributed by atoms with Gasteiger partial charge in [0.15, 0.2) is 7.14 Å². The SMILES string of the molecule is O=P1(c2ccccc2)c2cc(-c3ccc(C(c4ccccc4)C(c4ccccc4)c4ccccc4)cc3)ccc2C2C(c3ccccc3)=Nc3cccc1c32. The van der Waals surface area contributed by atoms with E-state index in [-0.39, 0.29) is 17.8 Å². The molecule has 0 aromatic heterocycles. The fourth-order valence-corrected chi connectivity index (χ4v) is 12.2. The molecular formula is C52H38NOP. The van der Waals surface area contributed by atoms with Gasteiger partial charge in [-0.15, -0.1) is 0 Å². The number of hydrogen-bond acceptors (Lipinski definition) is 2. The standard InChI is InChI=1S/C52H38NOP/c54-55(43-25-14-5-15-26-43)46-28-16-27-45-51(46)50(52(53-45)41-23-12-4-13-24-41)44-34-33-42(35-47(44)55)36-29-31-40(32-30-36)49(39-21-10-3-11-22-39)48(37-17-6-1-7-18-37)38-19-8-2-9-20-38/h1-35,48-50H. The van der Waals surface area contributed by atoms with Crippen LogP contribution >= 0.6 is 7.14 Å². The summed E-state index contributed by atoms with van der Waals surface area (Å²) in [6.07, 6.45) is 0. The molecule has 8 aromatic rings. The van der Waals surface area contributed by atoms with E-state index in [1.165, 1.54) is 22.3 Å². The van der Waals surface area contributed by atoms with Crippen molar-refractivity contribution in [2.75, 3.05) is 0 Å². The molecule has 0 fully saturated rings. The highest BCUT2D eigenvalue weighted by molar-refractivity contribution is 7.85. The Bertz CT molecular complexity index is 2670. The van der Waals surface area contributed by atoms with Crippen molar-refractivity contribution >= 4 is 34.5 Å². The third-order valence-electron chi connectivity index (χ3n) is 11.5. The predicted octanol–water partition coefficient (Wildman–Crippen LogP) is 11.5. The van der Waals surface area contributed by atoms with Crippen LogP contribution in [0.5, 0.6) is 0 Å². The van der Waals surface area contributed by atoms with E-state index >= 15 is 4.57 Å². The quantitative estimate of drug-likeness (QED) is 0.144. The van der Waals surface area contributed by atoms with E-state index in [0.29, 0.717) is 0 Å². The van der Waals surface area contributed by atoms with Gasteiger partial charge in [0.2, 0.25) is 0 Å². The van der Waals surface area contributed by atoms with Gasteiger partial charge in [0.05, 0.1) is 17.3 Å². The molecule has 2 aliphatic rings. The Morgan fingerprint density at radius 1 is 0.418 bits per heavy atom. The molecule has 2 aliphatic heterocycles. The third kappa shape index (κ3) is 5.65. The van der Waals surface area contributed by atoms with Crippen LogP contribution in [0.3, 0.4) is 0 Å². The van der Waals surface area contributed by atoms with Gasteiger partial charge >= 0.3 is 0 Å². The smallest absolute Gasteiger partial charge is 0.171 e. The lowest BCUT2D eigenvalue weighted by Gasteiger charge is -2.33. The Morgan fingerprint density at radius 3 is 1.47 bits per heavy atom. The Labute approximate surface area is 322 Å². The van der Waals surface area contributed by atoms with E-state index in [1.807, 2.05) is 42.5 Å². The van der Waals surface area contributed by atoms with Gasteiger partial charge in [-0.1, -0.05) is 200 Å². The highest BCUT2D eigenvalue weighted by Gasteiger charge is 2.46. The maximum atomic E-state index is 16.0. The predicted molar refractivity (Wildman–Crippen MR) is 229 cm³/mol. The molecule has 3 atom stereocenters. The summed E-state index contributed by atoms with van der Waals surface area (Å²) in [7, 11) is -3.26. The molecule has 262 valence electrons. The molecule has 0 N–H and O–H groups in total. The summed E-state index contributed by atoms with van der Waals surface area (Å²) in [5, 5.41) is 2.65. The third-order valence-corrected chi connectivity index (χ3v) is 14.6. The Kier molecular flexibility index (Phi) is 8.35. The Hall–Kier alpha value is -6.34. The van der Waals surface area contributed by atoms with E-state index < -0.39 is 7.14 Å². The first-order chi connectivity index (χ1) is 27.2. The molecule has 0 spiro atoms. The van der Waals surface area contributed by atoms with E-state index in [0.717, 1.165) is 55.1 Å². The summed E-state index contributed by atoms with van der Waals surface area (Å²) in [4.78, 5) is 5.22. The number of rotatable bonds is 8. The molecule has 2 heterocycles. The van der Waals surface area contributed by atoms with Crippen molar-refractivity contribution in [2.24, 2.45) is 4.99 Å². The molecule has 3 unspecified atom stereocenters. The van der Waals surface area contributed by atoms with E-state index in [4.69, 9.17) is 4.99 Å². The topological polar surface area (TPSA) is 29.4 Å². The minimum Gasteiger partial charge on any atom is -0.309 e. The van der Waals surface area contributed by atoms with Crippen molar-refractivity contribution in [2.45, 2.75) is 17.8 Å². The average molecular weight is 724 g/mol. The summed E-state index contributed by atoms with van der Waals surface area (Å²) in [6.45, 7) is 0. The average Bonchev–Trinajstić information content (AvgIpc) is 3.66. The van der Waals surface area contributed by atoms with Gasteiger partial charge in [0.1, 0.15) is 0 Å². The zero-order valence-corrected chi connectivity index (χ0v) is 31.1. The Balaban J connectivity index is 1.11. The molecule has 0 aliphatic carbocycles. The second-order valence-electron chi connectivity index (χ2n) is 14.5. The lowest BCUT2D eigenvalue weighted by atomic mass is 9.73. The molecular weight excluding hydrogens is 686 g/mol. The van der Waals surface area contributed by atoms with E-state index in [2.05, 4.69) is 170 Å². The summed E-state index contributed by atoms with van der Waals surface area (Å²) in [5.41, 5.74) is 12.4. The van der Waals surface area contributed by atoms with Crippen LogP contribution in [0.1, 0.15) is 56.7 Å². The lowest BCUT2D eigenvalue weighted by molar-refractivity contribution is 0.592. The second-order valence-corrected chi connectivity index (χ2v) is 17.2. The fraction of sp³-hybridized carbons (Fsp3) is 0.0577. The maximum Gasteiger partial charge on any atom is 0.171 e. The number of hydrogen-bond donors (Lipinski definition) is 0. The molecule has 2 nitrogen and oxygen atoms in total. The molecule has 10 rings (SSSR count). The Morgan fingerprint density at radius 2 is 0.909 bits per heavy atom. The molecule has 8 aromatic carbocycles. The highest BCUT2D eigenvalue weighted by atomic mass is 31.2. The zero-order valence-electron chi connectivity index (χ0n) is 30.2. The number of benzene rings is 8. The van der Waals surface area contributed by atoms with Crippen molar-refractivity contribution in [1.82, 2.24) is 0 Å². The first-order valence-corrected chi connectivity index (χ1v) is 20.7. The number of nitrogens with zero attached hydrogens (tertiary/aromatic N) is 1. The summed E-state index contributed by atoms with van der Waals surface area (Å²) >= 11 is 0. The molecule has 3 heteroatoms. The van der Waals surface area contributed by atoms with Crippen LogP contribution in [0.25, 0.3) is 11.1 Å². The van der Waals surface area contributed by atoms with Crippen LogP contribution in [0.15, 0.2) is 217 Å². The van der Waals surface area contributed by atoms with Crippen LogP contribution in [0.4, 0.5) is 5.69 Å². The summed E-state index contributed by atoms with van der Waals surface area (Å²) < 4.78 is 16.0. The van der Waals surface area contributed by atoms with Gasteiger partial charge in [0, 0.05) is 33.3 Å². The minimum atomic E-state index is -3.26. The monoisotopic (exact) mass is 723 g/mol. The van der Waals surface area contributed by atoms with E-state index in [9.17, 15) is 0 Å². The van der Waals surface area contributed by atoms with Gasteiger partial charge in [-0.3, -0.25) is 4.99 Å². The van der Waals surface area contributed by atoms with E-state index in [1.54, 1.807) is 0 Å². The zero-order chi connectivity index (χ0) is 36.8. The molecule has 0 saturated carbocycles. The highest BCUT2D eigenvalue weighted by Crippen LogP contribution is 2.56. The molecule has 0 saturated heterocycles. The van der Waals surface area contributed by atoms with Gasteiger partial charge in [-0.05, 0) is 56.6 Å². The second kappa shape index (κ2) is 13.8. The number of fused-ring (bicyclic) bond motifs is 2. The molecule has 0 radical (unpaired) electrons. The van der Waals surface area contributed by atoms with Crippen molar-refractivity contribution in [3.05, 3.63) is 251 Å². The van der Waals surface area contributed by atoms with Crippen molar-refractivity contribution < 1.29 is 4.57 Å². The van der Waals surface area contributed by atoms with Crippen molar-refractivity contribution in [1.29, 1.82) is 0 Å². The largest absolute Gasteiger partial charge is 0.309 e. The summed E-state index contributed by atoms with van der Waals surface area (Å²) in [6, 6.07) is 75.0. The first kappa shape index (κ1) is 33.2. The van der Waals surface area contributed by atoms with Gasteiger partial charge < -0.3 is 4.57 Å². The molecule has 0 bridgehead atoms. The summed E-state index contributed by atoms with van der Waals surface area (Å²) in [5.74, 6) is 0.115. The lowest BCUT2D eigenvalue weighted by Crippen LogP contribution is -2.37. The van der Waals surface area contributed by atoms with Crippen LogP contribution < -0.4 is 15.9 Å². The van der Waals surface area contributed by atoms with Crippen LogP contribution in [-0.2, 0) is 4.57 Å². The maximum absolute atomic E-state index is 16.0. The van der Waals surface area contributed by atoms with Crippen LogP contribution in [-0.4, -0.2) is 5.71 Å². The van der Waals surface area contributed by atoms with Crippen LogP contribution in [0, 0.1) is 0 Å². The normalized spacial score (nSPS) is 17.3. The van der Waals surface area contributed by atoms with Gasteiger partial charge in [-0.2, -0.15) is 0 Å². The van der Waals surface area contributed by atoms with Crippen LogP contribution in [0.2, 0.25) is 0 Å². The minimum absolute atomic E-state index is 0.0886. The van der Waals surface area contributed by atoms with Crippen molar-refractivity contribution in [3.63, 3.8) is 0 Å².